The van der Waals surface area contributed by atoms with Crippen LogP contribution in [0.2, 0.25) is 0 Å². The van der Waals surface area contributed by atoms with Crippen molar-refractivity contribution in [3.05, 3.63) is 29.9 Å². The van der Waals surface area contributed by atoms with Gasteiger partial charge in [-0.2, -0.15) is 4.98 Å². The second-order valence-corrected chi connectivity index (χ2v) is 4.96. The van der Waals surface area contributed by atoms with Crippen LogP contribution >= 0.6 is 0 Å². The molecule has 0 saturated heterocycles. The number of methoxy groups -OCH3 is 1. The van der Waals surface area contributed by atoms with Crippen molar-refractivity contribution in [1.82, 2.24) is 25.0 Å². The standard InChI is InChI=1S/C13H19N5O2/c1-19-7-5-14-8-12-15-4-6-18(12)9-11-16-13(20-17-11)10-2-3-10/h4,6,10,14H,2-3,5,7-9H2,1H3. The van der Waals surface area contributed by atoms with Gasteiger partial charge in [-0.15, -0.1) is 0 Å². The fraction of sp³-hybridized carbons (Fsp3) is 0.615. The lowest BCUT2D eigenvalue weighted by Crippen LogP contribution is -2.21. The summed E-state index contributed by atoms with van der Waals surface area (Å²) in [7, 11) is 1.69. The summed E-state index contributed by atoms with van der Waals surface area (Å²) in [6, 6.07) is 0. The Morgan fingerprint density at radius 3 is 3.20 bits per heavy atom. The summed E-state index contributed by atoms with van der Waals surface area (Å²) in [4.78, 5) is 8.77. The molecule has 1 fully saturated rings. The van der Waals surface area contributed by atoms with Crippen molar-refractivity contribution in [2.45, 2.75) is 31.8 Å². The minimum absolute atomic E-state index is 0.495. The number of hydrogen-bond acceptors (Lipinski definition) is 6. The van der Waals surface area contributed by atoms with E-state index in [1.165, 1.54) is 12.8 Å². The number of nitrogens with one attached hydrogen (secondary N) is 1. The highest BCUT2D eigenvalue weighted by molar-refractivity contribution is 5.03. The molecule has 1 aliphatic rings. The first-order chi connectivity index (χ1) is 9.86. The molecule has 1 saturated carbocycles. The predicted octanol–water partition coefficient (Wildman–Crippen LogP) is 0.928. The monoisotopic (exact) mass is 277 g/mol. The fourth-order valence-electron chi connectivity index (χ4n) is 2.01. The average molecular weight is 277 g/mol. The molecule has 0 amide bonds. The van der Waals surface area contributed by atoms with Crippen molar-refractivity contribution in [3.63, 3.8) is 0 Å². The van der Waals surface area contributed by atoms with E-state index in [9.17, 15) is 0 Å². The van der Waals surface area contributed by atoms with E-state index in [0.717, 1.165) is 18.3 Å². The molecule has 7 nitrogen and oxygen atoms in total. The van der Waals surface area contributed by atoms with E-state index in [4.69, 9.17) is 9.26 Å². The Labute approximate surface area is 117 Å². The number of ether oxygens (including phenoxy) is 1. The number of rotatable bonds is 8. The van der Waals surface area contributed by atoms with Crippen LogP contribution in [0.15, 0.2) is 16.9 Å². The van der Waals surface area contributed by atoms with Gasteiger partial charge in [-0.25, -0.2) is 4.98 Å². The van der Waals surface area contributed by atoms with E-state index in [1.54, 1.807) is 13.3 Å². The van der Waals surface area contributed by atoms with Crippen molar-refractivity contribution in [1.29, 1.82) is 0 Å². The van der Waals surface area contributed by atoms with Gasteiger partial charge in [0.05, 0.1) is 19.7 Å². The minimum atomic E-state index is 0.495. The Kier molecular flexibility index (Phi) is 4.08. The van der Waals surface area contributed by atoms with Crippen LogP contribution in [-0.2, 0) is 17.8 Å². The second-order valence-electron chi connectivity index (χ2n) is 4.96. The first-order valence-electron chi connectivity index (χ1n) is 6.89. The molecule has 3 rings (SSSR count). The molecule has 2 aromatic rings. The highest BCUT2D eigenvalue weighted by atomic mass is 16.5. The normalized spacial score (nSPS) is 14.8. The van der Waals surface area contributed by atoms with E-state index in [1.807, 2.05) is 10.8 Å². The van der Waals surface area contributed by atoms with Crippen LogP contribution < -0.4 is 5.32 Å². The van der Waals surface area contributed by atoms with Gasteiger partial charge < -0.3 is 19.1 Å². The topological polar surface area (TPSA) is 78.0 Å². The van der Waals surface area contributed by atoms with Gasteiger partial charge >= 0.3 is 0 Å². The van der Waals surface area contributed by atoms with Crippen molar-refractivity contribution in [2.24, 2.45) is 0 Å². The van der Waals surface area contributed by atoms with E-state index in [2.05, 4.69) is 20.4 Å². The molecule has 1 aliphatic carbocycles. The third-order valence-corrected chi connectivity index (χ3v) is 3.29. The summed E-state index contributed by atoms with van der Waals surface area (Å²) in [5.41, 5.74) is 0. The van der Waals surface area contributed by atoms with Crippen LogP contribution in [0.4, 0.5) is 0 Å². The molecule has 0 aromatic carbocycles. The fourth-order valence-corrected chi connectivity index (χ4v) is 2.01. The van der Waals surface area contributed by atoms with E-state index in [-0.39, 0.29) is 0 Å². The van der Waals surface area contributed by atoms with Gasteiger partial charge in [-0.3, -0.25) is 0 Å². The third kappa shape index (κ3) is 3.23. The summed E-state index contributed by atoms with van der Waals surface area (Å²) in [5.74, 6) is 2.94. The molecule has 20 heavy (non-hydrogen) atoms. The minimum Gasteiger partial charge on any atom is -0.383 e. The Morgan fingerprint density at radius 2 is 2.40 bits per heavy atom. The smallest absolute Gasteiger partial charge is 0.229 e. The molecule has 1 N–H and O–H groups in total. The average Bonchev–Trinajstić information content (AvgIpc) is 3.05. The van der Waals surface area contributed by atoms with Crippen LogP contribution in [0.25, 0.3) is 0 Å². The molecular weight excluding hydrogens is 258 g/mol. The van der Waals surface area contributed by atoms with Crippen LogP contribution in [0.3, 0.4) is 0 Å². The molecule has 2 heterocycles. The molecule has 2 aromatic heterocycles. The maximum atomic E-state index is 5.26. The van der Waals surface area contributed by atoms with Crippen LogP contribution in [0, 0.1) is 0 Å². The van der Waals surface area contributed by atoms with Gasteiger partial charge in [0, 0.05) is 32.0 Å². The lowest BCUT2D eigenvalue weighted by atomic mass is 10.4. The number of hydrogen-bond donors (Lipinski definition) is 1. The SMILES string of the molecule is COCCNCc1nccn1Cc1noc(C2CC2)n1. The van der Waals surface area contributed by atoms with Gasteiger partial charge in [0.1, 0.15) is 5.82 Å². The zero-order valence-corrected chi connectivity index (χ0v) is 11.6. The maximum absolute atomic E-state index is 5.26. The third-order valence-electron chi connectivity index (χ3n) is 3.29. The summed E-state index contributed by atoms with van der Waals surface area (Å²) >= 11 is 0. The quantitative estimate of drug-likeness (QED) is 0.723. The molecule has 0 radical (unpaired) electrons. The first-order valence-corrected chi connectivity index (χ1v) is 6.89. The Hall–Kier alpha value is -1.73. The van der Waals surface area contributed by atoms with Crippen molar-refractivity contribution in [3.8, 4) is 0 Å². The zero-order valence-electron chi connectivity index (χ0n) is 11.6. The number of nitrogens with zero attached hydrogens (tertiary/aromatic N) is 4. The Bertz CT molecular complexity index is 546. The van der Waals surface area contributed by atoms with Crippen LogP contribution in [-0.4, -0.2) is 40.0 Å². The lowest BCUT2D eigenvalue weighted by Gasteiger charge is -2.06. The molecule has 0 aliphatic heterocycles. The Balaban J connectivity index is 1.57. The van der Waals surface area contributed by atoms with Crippen molar-refractivity contribution in [2.75, 3.05) is 20.3 Å². The molecule has 108 valence electrons. The van der Waals surface area contributed by atoms with E-state index < -0.39 is 0 Å². The summed E-state index contributed by atoms with van der Waals surface area (Å²) in [6.07, 6.45) is 6.05. The number of aromatic nitrogens is 4. The summed E-state index contributed by atoms with van der Waals surface area (Å²) in [6.45, 7) is 2.79. The van der Waals surface area contributed by atoms with Gasteiger partial charge in [0.2, 0.25) is 5.89 Å². The maximum Gasteiger partial charge on any atom is 0.229 e. The highest BCUT2D eigenvalue weighted by Crippen LogP contribution is 2.38. The lowest BCUT2D eigenvalue weighted by molar-refractivity contribution is 0.199. The highest BCUT2D eigenvalue weighted by Gasteiger charge is 2.29. The molecule has 0 unspecified atom stereocenters. The molecule has 0 atom stereocenters. The van der Waals surface area contributed by atoms with E-state index >= 15 is 0 Å². The summed E-state index contributed by atoms with van der Waals surface area (Å²) < 4.78 is 12.3. The van der Waals surface area contributed by atoms with Crippen LogP contribution in [0.5, 0.6) is 0 Å². The summed E-state index contributed by atoms with van der Waals surface area (Å²) in [5, 5.41) is 7.30. The van der Waals surface area contributed by atoms with Crippen molar-refractivity contribution >= 4 is 0 Å². The predicted molar refractivity (Wildman–Crippen MR) is 71.2 cm³/mol. The first kappa shape index (κ1) is 13.3. The largest absolute Gasteiger partial charge is 0.383 e. The van der Waals surface area contributed by atoms with Gasteiger partial charge in [-0.1, -0.05) is 5.16 Å². The zero-order chi connectivity index (χ0) is 13.8. The molecule has 0 spiro atoms. The van der Waals surface area contributed by atoms with E-state index in [0.29, 0.717) is 31.4 Å². The number of imidazole rings is 1. The molecule has 0 bridgehead atoms. The van der Waals surface area contributed by atoms with Crippen molar-refractivity contribution < 1.29 is 9.26 Å². The van der Waals surface area contributed by atoms with Gasteiger partial charge in [0.15, 0.2) is 5.82 Å². The van der Waals surface area contributed by atoms with Gasteiger partial charge in [-0.05, 0) is 12.8 Å². The second kappa shape index (κ2) is 6.15. The molecular formula is C13H19N5O2. The van der Waals surface area contributed by atoms with Gasteiger partial charge in [0.25, 0.3) is 0 Å². The Morgan fingerprint density at radius 1 is 1.50 bits per heavy atom. The molecule has 7 heteroatoms. The van der Waals surface area contributed by atoms with Crippen LogP contribution in [0.1, 0.15) is 36.3 Å².